The highest BCUT2D eigenvalue weighted by Crippen LogP contribution is 2.17. The maximum atomic E-state index is 12.3. The van der Waals surface area contributed by atoms with Crippen molar-refractivity contribution in [2.24, 2.45) is 0 Å². The number of carbonyl (C=O) groups excluding carboxylic acids is 2. The lowest BCUT2D eigenvalue weighted by Crippen LogP contribution is -2.25. The number of imidazole rings is 1. The molecule has 7 heteroatoms. The number of carbonyl (C=O) groups is 2. The van der Waals surface area contributed by atoms with Crippen molar-refractivity contribution in [2.45, 2.75) is 19.4 Å². The molecule has 0 aliphatic rings. The molecule has 1 heterocycles. The van der Waals surface area contributed by atoms with Gasteiger partial charge in [0.15, 0.2) is 0 Å². The standard InChI is InChI=1S/C21H23N3O4/c1-27-16-8-5-7-15(13-16)21(26)22-12-6-11-19-23-17-9-3-4-10-18(17)24(19)14-20(25)28-2/h3-5,7-10,13H,6,11-12,14H2,1-2H3,(H,22,26). The predicted octanol–water partition coefficient (Wildman–Crippen LogP) is 2.58. The average molecular weight is 381 g/mol. The second-order valence-corrected chi connectivity index (χ2v) is 6.27. The van der Waals surface area contributed by atoms with Crippen molar-refractivity contribution >= 4 is 22.9 Å². The Labute approximate surface area is 163 Å². The number of nitrogens with zero attached hydrogens (tertiary/aromatic N) is 2. The molecule has 3 aromatic rings. The van der Waals surface area contributed by atoms with Gasteiger partial charge in [-0.05, 0) is 36.8 Å². The van der Waals surface area contributed by atoms with Crippen LogP contribution in [0, 0.1) is 0 Å². The lowest BCUT2D eigenvalue weighted by atomic mass is 10.2. The molecule has 0 aliphatic heterocycles. The third-order valence-electron chi connectivity index (χ3n) is 4.44. The molecule has 28 heavy (non-hydrogen) atoms. The minimum Gasteiger partial charge on any atom is -0.497 e. The monoisotopic (exact) mass is 381 g/mol. The van der Waals surface area contributed by atoms with E-state index in [1.54, 1.807) is 31.4 Å². The van der Waals surface area contributed by atoms with E-state index in [-0.39, 0.29) is 18.4 Å². The molecule has 0 bridgehead atoms. The van der Waals surface area contributed by atoms with Crippen LogP contribution in [0.5, 0.6) is 5.75 Å². The van der Waals surface area contributed by atoms with Crippen molar-refractivity contribution in [1.82, 2.24) is 14.9 Å². The zero-order chi connectivity index (χ0) is 19.9. The van der Waals surface area contributed by atoms with E-state index < -0.39 is 0 Å². The maximum Gasteiger partial charge on any atom is 0.325 e. The molecule has 0 fully saturated rings. The lowest BCUT2D eigenvalue weighted by molar-refractivity contribution is -0.141. The molecule has 0 saturated carbocycles. The summed E-state index contributed by atoms with van der Waals surface area (Å²) in [7, 11) is 2.94. The number of benzene rings is 2. The van der Waals surface area contributed by atoms with Gasteiger partial charge in [-0.15, -0.1) is 0 Å². The topological polar surface area (TPSA) is 82.5 Å². The number of hydrogen-bond donors (Lipinski definition) is 1. The molecule has 7 nitrogen and oxygen atoms in total. The lowest BCUT2D eigenvalue weighted by Gasteiger charge is -2.09. The highest BCUT2D eigenvalue weighted by Gasteiger charge is 2.14. The number of esters is 1. The maximum absolute atomic E-state index is 12.3. The first kappa shape index (κ1) is 19.4. The minimum absolute atomic E-state index is 0.114. The first-order valence-corrected chi connectivity index (χ1v) is 9.05. The highest BCUT2D eigenvalue weighted by atomic mass is 16.5. The van der Waals surface area contributed by atoms with E-state index in [1.165, 1.54) is 7.11 Å². The van der Waals surface area contributed by atoms with E-state index in [1.807, 2.05) is 28.8 Å². The third-order valence-corrected chi connectivity index (χ3v) is 4.44. The number of aryl methyl sites for hydroxylation is 1. The number of nitrogens with one attached hydrogen (secondary N) is 1. The fourth-order valence-electron chi connectivity index (χ4n) is 3.00. The summed E-state index contributed by atoms with van der Waals surface area (Å²) in [5.41, 5.74) is 2.28. The summed E-state index contributed by atoms with van der Waals surface area (Å²) in [6.07, 6.45) is 1.32. The Bertz CT molecular complexity index is 981. The van der Waals surface area contributed by atoms with Crippen LogP contribution in [0.1, 0.15) is 22.6 Å². The molecule has 0 saturated heterocycles. The van der Waals surface area contributed by atoms with Gasteiger partial charge in [0.2, 0.25) is 0 Å². The van der Waals surface area contributed by atoms with E-state index in [9.17, 15) is 9.59 Å². The van der Waals surface area contributed by atoms with Crippen LogP contribution in [0.25, 0.3) is 11.0 Å². The fourth-order valence-corrected chi connectivity index (χ4v) is 3.00. The summed E-state index contributed by atoms with van der Waals surface area (Å²) in [4.78, 5) is 28.7. The Hall–Kier alpha value is -3.35. The summed E-state index contributed by atoms with van der Waals surface area (Å²) in [6, 6.07) is 14.7. The Morgan fingerprint density at radius 1 is 1.11 bits per heavy atom. The normalized spacial score (nSPS) is 10.6. The Morgan fingerprint density at radius 3 is 2.71 bits per heavy atom. The molecular weight excluding hydrogens is 358 g/mol. The van der Waals surface area contributed by atoms with Crippen molar-refractivity contribution in [1.29, 1.82) is 0 Å². The molecule has 1 amide bonds. The fraction of sp³-hybridized carbons (Fsp3) is 0.286. The van der Waals surface area contributed by atoms with Crippen LogP contribution in [0.3, 0.4) is 0 Å². The van der Waals surface area contributed by atoms with Crippen LogP contribution in [0.4, 0.5) is 0 Å². The van der Waals surface area contributed by atoms with Crippen LogP contribution in [0.2, 0.25) is 0 Å². The van der Waals surface area contributed by atoms with E-state index in [0.29, 0.717) is 30.7 Å². The van der Waals surface area contributed by atoms with Gasteiger partial charge in [0, 0.05) is 18.5 Å². The molecule has 1 N–H and O–H groups in total. The number of aromatic nitrogens is 2. The summed E-state index contributed by atoms with van der Waals surface area (Å²) >= 11 is 0. The van der Waals surface area contributed by atoms with Crippen molar-refractivity contribution in [3.8, 4) is 5.75 Å². The first-order valence-electron chi connectivity index (χ1n) is 9.05. The first-order chi connectivity index (χ1) is 13.6. The van der Waals surface area contributed by atoms with Crippen molar-refractivity contribution in [3.05, 3.63) is 59.9 Å². The number of para-hydroxylation sites is 2. The second kappa shape index (κ2) is 9.03. The van der Waals surface area contributed by atoms with Gasteiger partial charge in [-0.25, -0.2) is 4.98 Å². The Kier molecular flexibility index (Phi) is 6.26. The highest BCUT2D eigenvalue weighted by molar-refractivity contribution is 5.94. The van der Waals surface area contributed by atoms with Crippen molar-refractivity contribution in [3.63, 3.8) is 0 Å². The number of ether oxygens (including phenoxy) is 2. The van der Waals surface area contributed by atoms with E-state index in [2.05, 4.69) is 10.3 Å². The molecule has 3 rings (SSSR count). The molecule has 0 atom stereocenters. The molecule has 0 radical (unpaired) electrons. The van der Waals surface area contributed by atoms with Crippen LogP contribution < -0.4 is 10.1 Å². The van der Waals surface area contributed by atoms with Gasteiger partial charge in [0.1, 0.15) is 18.1 Å². The number of rotatable bonds is 8. The Balaban J connectivity index is 1.62. The number of methoxy groups -OCH3 is 2. The van der Waals surface area contributed by atoms with Gasteiger partial charge in [-0.3, -0.25) is 9.59 Å². The van der Waals surface area contributed by atoms with Crippen molar-refractivity contribution in [2.75, 3.05) is 20.8 Å². The van der Waals surface area contributed by atoms with Gasteiger partial charge >= 0.3 is 5.97 Å². The van der Waals surface area contributed by atoms with Crippen molar-refractivity contribution < 1.29 is 19.1 Å². The number of amides is 1. The van der Waals surface area contributed by atoms with Gasteiger partial charge in [-0.2, -0.15) is 0 Å². The second-order valence-electron chi connectivity index (χ2n) is 6.27. The smallest absolute Gasteiger partial charge is 0.325 e. The number of fused-ring (bicyclic) bond motifs is 1. The molecule has 146 valence electrons. The van der Waals surface area contributed by atoms with E-state index >= 15 is 0 Å². The zero-order valence-corrected chi connectivity index (χ0v) is 16.0. The molecule has 0 unspecified atom stereocenters. The summed E-state index contributed by atoms with van der Waals surface area (Å²) < 4.78 is 11.8. The van der Waals surface area contributed by atoms with Gasteiger partial charge in [0.05, 0.1) is 25.3 Å². The summed E-state index contributed by atoms with van der Waals surface area (Å²) in [5, 5.41) is 2.90. The third kappa shape index (κ3) is 4.49. The van der Waals surface area contributed by atoms with E-state index in [0.717, 1.165) is 16.9 Å². The quantitative estimate of drug-likeness (QED) is 0.479. The zero-order valence-electron chi connectivity index (χ0n) is 16.0. The van der Waals surface area contributed by atoms with Gasteiger partial charge in [0.25, 0.3) is 5.91 Å². The average Bonchev–Trinajstić information content (AvgIpc) is 3.08. The van der Waals surface area contributed by atoms with E-state index in [4.69, 9.17) is 9.47 Å². The van der Waals surface area contributed by atoms with Crippen LogP contribution in [-0.2, 0) is 22.5 Å². The molecule has 0 spiro atoms. The van der Waals surface area contributed by atoms with Crippen LogP contribution in [-0.4, -0.2) is 42.2 Å². The number of hydrogen-bond acceptors (Lipinski definition) is 5. The SMILES string of the molecule is COC(=O)Cn1c(CCCNC(=O)c2cccc(OC)c2)nc2ccccc21. The molecular formula is C21H23N3O4. The molecule has 2 aromatic carbocycles. The van der Waals surface area contributed by atoms with Gasteiger partial charge < -0.3 is 19.4 Å². The van der Waals surface area contributed by atoms with Crippen LogP contribution in [0.15, 0.2) is 48.5 Å². The largest absolute Gasteiger partial charge is 0.497 e. The Morgan fingerprint density at radius 2 is 1.93 bits per heavy atom. The predicted molar refractivity (Wildman–Crippen MR) is 105 cm³/mol. The van der Waals surface area contributed by atoms with Gasteiger partial charge in [-0.1, -0.05) is 18.2 Å². The molecule has 1 aromatic heterocycles. The summed E-state index contributed by atoms with van der Waals surface area (Å²) in [6.45, 7) is 0.611. The van der Waals surface area contributed by atoms with Crippen LogP contribution >= 0.6 is 0 Å². The summed E-state index contributed by atoms with van der Waals surface area (Å²) in [5.74, 6) is 0.962. The molecule has 0 aliphatic carbocycles. The minimum atomic E-state index is -0.323.